The fourth-order valence-corrected chi connectivity index (χ4v) is 2.18. The van der Waals surface area contributed by atoms with Gasteiger partial charge in [0.15, 0.2) is 5.75 Å². The monoisotopic (exact) mass is 258 g/mol. The van der Waals surface area contributed by atoms with Crippen LogP contribution in [0.3, 0.4) is 0 Å². The SMILES string of the molecule is Cn1cc(Oc2ccc(C3(C(=O)O)CC3)cc2)cn1. The van der Waals surface area contributed by atoms with Gasteiger partial charge < -0.3 is 9.84 Å². The van der Waals surface area contributed by atoms with E-state index in [-0.39, 0.29) is 0 Å². The smallest absolute Gasteiger partial charge is 0.314 e. The first-order valence-electron chi connectivity index (χ1n) is 6.11. The summed E-state index contributed by atoms with van der Waals surface area (Å²) in [4.78, 5) is 11.2. The first-order valence-corrected chi connectivity index (χ1v) is 6.11. The minimum atomic E-state index is -0.742. The fourth-order valence-electron chi connectivity index (χ4n) is 2.18. The molecule has 1 aromatic carbocycles. The van der Waals surface area contributed by atoms with E-state index in [1.54, 1.807) is 29.2 Å². The van der Waals surface area contributed by atoms with Crippen LogP contribution in [-0.4, -0.2) is 20.9 Å². The van der Waals surface area contributed by atoms with Crippen molar-refractivity contribution in [1.29, 1.82) is 0 Å². The van der Waals surface area contributed by atoms with Gasteiger partial charge in [0.2, 0.25) is 0 Å². The molecule has 0 aliphatic heterocycles. The first kappa shape index (κ1) is 11.8. The molecule has 1 N–H and O–H groups in total. The summed E-state index contributed by atoms with van der Waals surface area (Å²) in [5.41, 5.74) is 0.186. The number of rotatable bonds is 4. The number of carboxylic acid groups (broad SMARTS) is 1. The molecule has 5 heteroatoms. The molecule has 2 aromatic rings. The Balaban J connectivity index is 1.78. The molecule has 98 valence electrons. The van der Waals surface area contributed by atoms with Gasteiger partial charge in [-0.2, -0.15) is 5.10 Å². The maximum atomic E-state index is 11.2. The van der Waals surface area contributed by atoms with Crippen LogP contribution in [0, 0.1) is 0 Å². The van der Waals surface area contributed by atoms with Crippen LogP contribution in [0.4, 0.5) is 0 Å². The number of benzene rings is 1. The highest BCUT2D eigenvalue weighted by atomic mass is 16.5. The number of carboxylic acids is 1. The molecule has 1 aliphatic rings. The summed E-state index contributed by atoms with van der Waals surface area (Å²) in [5, 5.41) is 13.2. The minimum absolute atomic E-state index is 0.660. The van der Waals surface area contributed by atoms with Gasteiger partial charge >= 0.3 is 5.97 Å². The van der Waals surface area contributed by atoms with Gasteiger partial charge in [-0.3, -0.25) is 9.48 Å². The second-order valence-corrected chi connectivity index (χ2v) is 4.86. The first-order chi connectivity index (χ1) is 9.10. The number of aryl methyl sites for hydroxylation is 1. The Morgan fingerprint density at radius 1 is 1.32 bits per heavy atom. The molecule has 1 fully saturated rings. The standard InChI is InChI=1S/C14H14N2O3/c1-16-9-12(8-15-16)19-11-4-2-10(3-5-11)14(6-7-14)13(17)18/h2-5,8-9H,6-7H2,1H3,(H,17,18). The lowest BCUT2D eigenvalue weighted by molar-refractivity contribution is -0.140. The van der Waals surface area contributed by atoms with Gasteiger partial charge in [0.05, 0.1) is 17.8 Å². The lowest BCUT2D eigenvalue weighted by Gasteiger charge is -2.10. The van der Waals surface area contributed by atoms with Crippen molar-refractivity contribution in [2.24, 2.45) is 7.05 Å². The molecule has 0 spiro atoms. The number of carbonyl (C=O) groups is 1. The van der Waals surface area contributed by atoms with Gasteiger partial charge in [-0.25, -0.2) is 0 Å². The van der Waals surface area contributed by atoms with E-state index in [9.17, 15) is 9.90 Å². The maximum absolute atomic E-state index is 11.2. The molecule has 1 saturated carbocycles. The Bertz CT molecular complexity index is 612. The third-order valence-corrected chi connectivity index (χ3v) is 3.48. The average Bonchev–Trinajstić information content (AvgIpc) is 3.10. The highest BCUT2D eigenvalue weighted by Crippen LogP contribution is 2.48. The normalized spacial score (nSPS) is 16.1. The van der Waals surface area contributed by atoms with E-state index in [1.807, 2.05) is 19.2 Å². The topological polar surface area (TPSA) is 64.3 Å². The van der Waals surface area contributed by atoms with Gasteiger partial charge in [-0.1, -0.05) is 12.1 Å². The molecule has 0 saturated heterocycles. The lowest BCUT2D eigenvalue weighted by Crippen LogP contribution is -2.19. The van der Waals surface area contributed by atoms with Crippen LogP contribution < -0.4 is 4.74 Å². The van der Waals surface area contributed by atoms with Crippen molar-refractivity contribution in [2.45, 2.75) is 18.3 Å². The zero-order valence-corrected chi connectivity index (χ0v) is 10.5. The van der Waals surface area contributed by atoms with Crippen LogP contribution in [0.15, 0.2) is 36.7 Å². The van der Waals surface area contributed by atoms with Crippen molar-refractivity contribution in [3.05, 3.63) is 42.2 Å². The molecular formula is C14H14N2O3. The van der Waals surface area contributed by atoms with Gasteiger partial charge in [0, 0.05) is 7.05 Å². The molecule has 0 amide bonds. The number of hydrogen-bond acceptors (Lipinski definition) is 3. The molecule has 3 rings (SSSR count). The van der Waals surface area contributed by atoms with E-state index in [2.05, 4.69) is 5.10 Å². The lowest BCUT2D eigenvalue weighted by atomic mass is 9.96. The van der Waals surface area contributed by atoms with Crippen molar-refractivity contribution in [2.75, 3.05) is 0 Å². The van der Waals surface area contributed by atoms with Crippen LogP contribution in [0.1, 0.15) is 18.4 Å². The van der Waals surface area contributed by atoms with Crippen LogP contribution in [0.2, 0.25) is 0 Å². The van der Waals surface area contributed by atoms with E-state index < -0.39 is 11.4 Å². The zero-order valence-electron chi connectivity index (χ0n) is 10.5. The molecule has 1 heterocycles. The summed E-state index contributed by atoms with van der Waals surface area (Å²) in [6.07, 6.45) is 4.83. The summed E-state index contributed by atoms with van der Waals surface area (Å²) in [6.45, 7) is 0. The third kappa shape index (κ3) is 2.07. The Morgan fingerprint density at radius 2 is 2.00 bits per heavy atom. The van der Waals surface area contributed by atoms with Crippen molar-refractivity contribution in [3.63, 3.8) is 0 Å². The molecule has 19 heavy (non-hydrogen) atoms. The Morgan fingerprint density at radius 3 is 2.47 bits per heavy atom. The van der Waals surface area contributed by atoms with Gasteiger partial charge in [0.1, 0.15) is 5.75 Å². The summed E-state index contributed by atoms with van der Waals surface area (Å²) < 4.78 is 7.28. The highest BCUT2D eigenvalue weighted by Gasteiger charge is 2.51. The molecule has 5 nitrogen and oxygen atoms in total. The molecule has 0 bridgehead atoms. The number of ether oxygens (including phenoxy) is 1. The minimum Gasteiger partial charge on any atom is -0.481 e. The Labute approximate surface area is 110 Å². The van der Waals surface area contributed by atoms with E-state index in [4.69, 9.17) is 4.74 Å². The van der Waals surface area contributed by atoms with Gasteiger partial charge in [-0.15, -0.1) is 0 Å². The second kappa shape index (κ2) is 4.12. The Hall–Kier alpha value is -2.30. The molecule has 0 radical (unpaired) electrons. The molecule has 1 aliphatic carbocycles. The zero-order chi connectivity index (χ0) is 13.5. The average molecular weight is 258 g/mol. The highest BCUT2D eigenvalue weighted by molar-refractivity contribution is 5.84. The number of nitrogens with zero attached hydrogens (tertiary/aromatic N) is 2. The molecular weight excluding hydrogens is 244 g/mol. The van der Waals surface area contributed by atoms with Crippen LogP contribution in [-0.2, 0) is 17.3 Å². The third-order valence-electron chi connectivity index (χ3n) is 3.48. The van der Waals surface area contributed by atoms with E-state index in [1.165, 1.54) is 0 Å². The summed E-state index contributed by atoms with van der Waals surface area (Å²) in [6, 6.07) is 7.25. The van der Waals surface area contributed by atoms with Crippen molar-refractivity contribution in [1.82, 2.24) is 9.78 Å². The van der Waals surface area contributed by atoms with E-state index in [0.717, 1.165) is 5.56 Å². The number of aliphatic carboxylic acids is 1. The predicted octanol–water partition coefficient (Wildman–Crippen LogP) is 2.33. The second-order valence-electron chi connectivity index (χ2n) is 4.86. The van der Waals surface area contributed by atoms with Gasteiger partial charge in [-0.05, 0) is 30.5 Å². The predicted molar refractivity (Wildman–Crippen MR) is 68.3 cm³/mol. The molecule has 0 atom stereocenters. The van der Waals surface area contributed by atoms with Crippen LogP contribution in [0.5, 0.6) is 11.5 Å². The van der Waals surface area contributed by atoms with Crippen LogP contribution >= 0.6 is 0 Å². The largest absolute Gasteiger partial charge is 0.481 e. The summed E-state index contributed by atoms with van der Waals surface area (Å²) >= 11 is 0. The summed E-state index contributed by atoms with van der Waals surface area (Å²) in [7, 11) is 1.82. The number of hydrogen-bond donors (Lipinski definition) is 1. The molecule has 1 aromatic heterocycles. The van der Waals surface area contributed by atoms with E-state index in [0.29, 0.717) is 24.3 Å². The summed E-state index contributed by atoms with van der Waals surface area (Å²) in [5.74, 6) is 0.598. The quantitative estimate of drug-likeness (QED) is 0.914. The Kier molecular flexibility index (Phi) is 2.55. The van der Waals surface area contributed by atoms with Gasteiger partial charge in [0.25, 0.3) is 0 Å². The van der Waals surface area contributed by atoms with Crippen molar-refractivity contribution in [3.8, 4) is 11.5 Å². The van der Waals surface area contributed by atoms with E-state index >= 15 is 0 Å². The number of aromatic nitrogens is 2. The fraction of sp³-hybridized carbons (Fsp3) is 0.286. The maximum Gasteiger partial charge on any atom is 0.314 e. The van der Waals surface area contributed by atoms with Crippen molar-refractivity contribution < 1.29 is 14.6 Å². The van der Waals surface area contributed by atoms with Crippen LogP contribution in [0.25, 0.3) is 0 Å². The molecule has 0 unspecified atom stereocenters. The van der Waals surface area contributed by atoms with Crippen molar-refractivity contribution >= 4 is 5.97 Å².